The summed E-state index contributed by atoms with van der Waals surface area (Å²) >= 11 is 0. The summed E-state index contributed by atoms with van der Waals surface area (Å²) in [6.45, 7) is 13.1. The molecule has 2 saturated heterocycles. The summed E-state index contributed by atoms with van der Waals surface area (Å²) in [6, 6.07) is 11.1. The third-order valence-electron chi connectivity index (χ3n) is 5.79. The number of nitrogens with one attached hydrogen (secondary N) is 1. The molecule has 0 saturated carbocycles. The first-order valence-electron chi connectivity index (χ1n) is 11.9. The summed E-state index contributed by atoms with van der Waals surface area (Å²) in [6.07, 6.45) is 2.51. The molecular weight excluding hydrogens is 392 g/mol. The molecule has 1 aromatic rings. The minimum atomic E-state index is 0.234. The highest BCUT2D eigenvalue weighted by Gasteiger charge is 2.41. The molecule has 7 nitrogen and oxygen atoms in total. The lowest BCUT2D eigenvalue weighted by molar-refractivity contribution is -0.0502. The van der Waals surface area contributed by atoms with Crippen LogP contribution in [0.3, 0.4) is 0 Å². The molecule has 2 atom stereocenters. The molecule has 0 spiro atoms. The number of morpholine rings is 1. The molecule has 2 aliphatic heterocycles. The van der Waals surface area contributed by atoms with Crippen LogP contribution in [0, 0.1) is 0 Å². The Labute approximate surface area is 187 Å². The van der Waals surface area contributed by atoms with E-state index in [0.29, 0.717) is 32.4 Å². The maximum Gasteiger partial charge on any atom is 0.194 e. The average Bonchev–Trinajstić information content (AvgIpc) is 3.23. The van der Waals surface area contributed by atoms with Gasteiger partial charge in [0.2, 0.25) is 0 Å². The van der Waals surface area contributed by atoms with E-state index in [1.807, 2.05) is 0 Å². The van der Waals surface area contributed by atoms with Crippen molar-refractivity contribution >= 4 is 5.96 Å². The first-order chi connectivity index (χ1) is 15.3. The Morgan fingerprint density at radius 1 is 1.10 bits per heavy atom. The molecule has 1 aromatic carbocycles. The molecule has 7 heteroatoms. The molecule has 2 heterocycles. The number of fused-ring (bicyclic) bond motifs is 1. The van der Waals surface area contributed by atoms with E-state index in [9.17, 15) is 0 Å². The van der Waals surface area contributed by atoms with E-state index < -0.39 is 0 Å². The Hall–Kier alpha value is -1.67. The van der Waals surface area contributed by atoms with Gasteiger partial charge in [-0.25, -0.2) is 0 Å². The number of ether oxygens (including phenoxy) is 3. The van der Waals surface area contributed by atoms with E-state index in [0.717, 1.165) is 64.7 Å². The molecule has 174 valence electrons. The molecular formula is C24H40N4O3. The number of likely N-dealkylation sites (tertiary alicyclic amines) is 1. The summed E-state index contributed by atoms with van der Waals surface area (Å²) in [5, 5.41) is 3.45. The van der Waals surface area contributed by atoms with Crippen LogP contribution in [0.15, 0.2) is 35.3 Å². The topological polar surface area (TPSA) is 58.6 Å². The predicted octanol–water partition coefficient (Wildman–Crippen LogP) is 2.37. The van der Waals surface area contributed by atoms with Crippen molar-refractivity contribution in [2.24, 2.45) is 4.99 Å². The summed E-state index contributed by atoms with van der Waals surface area (Å²) in [7, 11) is 0. The second kappa shape index (κ2) is 13.7. The molecule has 2 unspecified atom stereocenters. The first-order valence-corrected chi connectivity index (χ1v) is 11.9. The van der Waals surface area contributed by atoms with Gasteiger partial charge in [0.25, 0.3) is 0 Å². The Morgan fingerprint density at radius 3 is 2.68 bits per heavy atom. The van der Waals surface area contributed by atoms with Gasteiger partial charge in [0, 0.05) is 39.3 Å². The number of benzene rings is 1. The zero-order valence-electron chi connectivity index (χ0n) is 19.3. The van der Waals surface area contributed by atoms with E-state index in [1.54, 1.807) is 0 Å². The number of hydrogen-bond donors (Lipinski definition) is 1. The fourth-order valence-electron chi connectivity index (χ4n) is 4.16. The van der Waals surface area contributed by atoms with Gasteiger partial charge in [0.1, 0.15) is 0 Å². The maximum absolute atomic E-state index is 6.12. The number of aliphatic imine (C=N–C) groups is 1. The summed E-state index contributed by atoms with van der Waals surface area (Å²) in [5.41, 5.74) is 1.36. The minimum absolute atomic E-state index is 0.234. The lowest BCUT2D eigenvalue weighted by Crippen LogP contribution is -2.50. The zero-order chi connectivity index (χ0) is 21.7. The van der Waals surface area contributed by atoms with Crippen LogP contribution in [-0.2, 0) is 20.8 Å². The lowest BCUT2D eigenvalue weighted by Gasteiger charge is -2.36. The fourth-order valence-corrected chi connectivity index (χ4v) is 4.16. The van der Waals surface area contributed by atoms with Gasteiger partial charge in [-0.05, 0) is 18.9 Å². The van der Waals surface area contributed by atoms with Crippen LogP contribution in [0.2, 0.25) is 0 Å². The van der Waals surface area contributed by atoms with Gasteiger partial charge >= 0.3 is 0 Å². The maximum atomic E-state index is 6.12. The number of unbranched alkanes of at least 4 members (excludes halogenated alkanes) is 1. The normalized spacial score (nSPS) is 22.0. The van der Waals surface area contributed by atoms with E-state index in [4.69, 9.17) is 19.2 Å². The average molecular weight is 433 g/mol. The van der Waals surface area contributed by atoms with Crippen LogP contribution in [0.5, 0.6) is 0 Å². The standard InChI is InChI=1S/C24H40N4O3/c1-3-5-13-29-16-17-30-14-11-26-24(25-4-2)28-19-22-23(20-28)31-15-12-27(22)18-21-9-7-6-8-10-21/h6-10,22-23H,3-5,11-20H2,1-2H3,(H,25,26). The summed E-state index contributed by atoms with van der Waals surface area (Å²) in [5.74, 6) is 0.961. The van der Waals surface area contributed by atoms with Crippen LogP contribution in [0.1, 0.15) is 32.3 Å². The Kier molecular flexibility index (Phi) is 10.6. The van der Waals surface area contributed by atoms with Gasteiger partial charge in [-0.1, -0.05) is 43.7 Å². The quantitative estimate of drug-likeness (QED) is 0.311. The van der Waals surface area contributed by atoms with Crippen LogP contribution in [0.25, 0.3) is 0 Å². The Bertz CT molecular complexity index is 643. The largest absolute Gasteiger partial charge is 0.379 e. The van der Waals surface area contributed by atoms with Crippen molar-refractivity contribution in [3.05, 3.63) is 35.9 Å². The number of hydrogen-bond acceptors (Lipinski definition) is 5. The number of guanidine groups is 1. The van der Waals surface area contributed by atoms with Crippen LogP contribution >= 0.6 is 0 Å². The van der Waals surface area contributed by atoms with Crippen LogP contribution in [0.4, 0.5) is 0 Å². The smallest absolute Gasteiger partial charge is 0.194 e. The van der Waals surface area contributed by atoms with Crippen LogP contribution < -0.4 is 5.32 Å². The molecule has 2 aliphatic rings. The number of nitrogens with zero attached hydrogens (tertiary/aromatic N) is 3. The van der Waals surface area contributed by atoms with Crippen molar-refractivity contribution in [3.8, 4) is 0 Å². The molecule has 0 aliphatic carbocycles. The summed E-state index contributed by atoms with van der Waals surface area (Å²) in [4.78, 5) is 9.71. The van der Waals surface area contributed by atoms with Crippen molar-refractivity contribution in [1.29, 1.82) is 0 Å². The van der Waals surface area contributed by atoms with Gasteiger partial charge in [-0.15, -0.1) is 0 Å². The highest BCUT2D eigenvalue weighted by molar-refractivity contribution is 5.80. The van der Waals surface area contributed by atoms with Crippen molar-refractivity contribution in [1.82, 2.24) is 15.1 Å². The second-order valence-electron chi connectivity index (χ2n) is 8.15. The third kappa shape index (κ3) is 7.75. The second-order valence-corrected chi connectivity index (χ2v) is 8.15. The van der Waals surface area contributed by atoms with Gasteiger partial charge in [0.05, 0.1) is 45.1 Å². The van der Waals surface area contributed by atoms with Gasteiger partial charge in [-0.3, -0.25) is 9.89 Å². The highest BCUT2D eigenvalue weighted by atomic mass is 16.5. The van der Waals surface area contributed by atoms with Gasteiger partial charge in [0.15, 0.2) is 5.96 Å². The molecule has 2 fully saturated rings. The summed E-state index contributed by atoms with van der Waals surface area (Å²) < 4.78 is 17.3. The Balaban J connectivity index is 1.46. The first kappa shape index (κ1) is 24.0. The molecule has 31 heavy (non-hydrogen) atoms. The van der Waals surface area contributed by atoms with E-state index in [2.05, 4.69) is 59.3 Å². The fraction of sp³-hybridized carbons (Fsp3) is 0.708. The molecule has 0 aromatic heterocycles. The van der Waals surface area contributed by atoms with Crippen molar-refractivity contribution < 1.29 is 14.2 Å². The Morgan fingerprint density at radius 2 is 1.90 bits per heavy atom. The van der Waals surface area contributed by atoms with Crippen molar-refractivity contribution in [3.63, 3.8) is 0 Å². The SMILES string of the molecule is CCCCOCCOCCN=C(NCC)N1CC2OCCN(Cc3ccccc3)C2C1. The van der Waals surface area contributed by atoms with Gasteiger partial charge < -0.3 is 24.4 Å². The molecule has 1 N–H and O–H groups in total. The monoisotopic (exact) mass is 432 g/mol. The van der Waals surface area contributed by atoms with E-state index in [-0.39, 0.29) is 6.10 Å². The van der Waals surface area contributed by atoms with Crippen molar-refractivity contribution in [2.75, 3.05) is 65.8 Å². The molecule has 0 amide bonds. The third-order valence-corrected chi connectivity index (χ3v) is 5.79. The number of rotatable bonds is 12. The molecule has 0 radical (unpaired) electrons. The van der Waals surface area contributed by atoms with E-state index in [1.165, 1.54) is 5.56 Å². The highest BCUT2D eigenvalue weighted by Crippen LogP contribution is 2.24. The van der Waals surface area contributed by atoms with Crippen LogP contribution in [-0.4, -0.2) is 93.7 Å². The minimum Gasteiger partial charge on any atom is -0.379 e. The zero-order valence-corrected chi connectivity index (χ0v) is 19.3. The van der Waals surface area contributed by atoms with Crippen molar-refractivity contribution in [2.45, 2.75) is 45.4 Å². The molecule has 0 bridgehead atoms. The molecule has 3 rings (SSSR count). The van der Waals surface area contributed by atoms with E-state index >= 15 is 0 Å². The van der Waals surface area contributed by atoms with Gasteiger partial charge in [-0.2, -0.15) is 0 Å². The lowest BCUT2D eigenvalue weighted by atomic mass is 10.1. The predicted molar refractivity (Wildman–Crippen MR) is 124 cm³/mol.